The Hall–Kier alpha value is -3.28. The van der Waals surface area contributed by atoms with Crippen molar-refractivity contribution in [3.05, 3.63) is 34.4 Å². The fraction of sp³-hybridized carbons (Fsp3) is 0.586. The smallest absolute Gasteiger partial charge is 0.305 e. The summed E-state index contributed by atoms with van der Waals surface area (Å²) in [6, 6.07) is 2.24. The van der Waals surface area contributed by atoms with E-state index in [4.69, 9.17) is 10.5 Å². The Labute approximate surface area is 232 Å². The number of aromatic hydroxyl groups is 1. The lowest BCUT2D eigenvalue weighted by Crippen LogP contribution is -2.77. The van der Waals surface area contributed by atoms with E-state index in [0.717, 1.165) is 0 Å². The predicted molar refractivity (Wildman–Crippen MR) is 143 cm³/mol. The van der Waals surface area contributed by atoms with Crippen LogP contribution in [0.2, 0.25) is 0 Å². The van der Waals surface area contributed by atoms with Crippen molar-refractivity contribution in [1.29, 1.82) is 0 Å². The van der Waals surface area contributed by atoms with Gasteiger partial charge in [-0.1, -0.05) is 46.8 Å². The number of Topliss-reactive ketones (excluding diaryl/α,β-unsaturated/α-hetero) is 2. The number of ether oxygens (including phenoxy) is 1. The lowest BCUT2D eigenvalue weighted by molar-refractivity contribution is -0.206. The molecular weight excluding hydrogens is 520 g/mol. The Kier molecular flexibility index (Phi) is 7.18. The van der Waals surface area contributed by atoms with Crippen LogP contribution in [0.4, 0.5) is 0 Å². The van der Waals surface area contributed by atoms with Crippen molar-refractivity contribution in [2.45, 2.75) is 76.2 Å². The highest BCUT2D eigenvalue weighted by molar-refractivity contribution is 6.25. The Morgan fingerprint density at radius 3 is 2.25 bits per heavy atom. The number of benzene rings is 1. The minimum Gasteiger partial charge on any atom is -0.507 e. The molecule has 3 aliphatic rings. The van der Waals surface area contributed by atoms with Crippen LogP contribution in [0.15, 0.2) is 17.7 Å². The van der Waals surface area contributed by atoms with Gasteiger partial charge in [-0.3, -0.25) is 19.2 Å². The number of carbonyl (C=O) groups excluding carboxylic acids is 4. The molecule has 0 aliphatic heterocycles. The second-order valence-corrected chi connectivity index (χ2v) is 12.4. The largest absolute Gasteiger partial charge is 0.507 e. The molecule has 8 atom stereocenters. The number of ketones is 2. The van der Waals surface area contributed by atoms with Gasteiger partial charge in [-0.05, 0) is 31.0 Å². The third-order valence-electron chi connectivity index (χ3n) is 8.83. The molecular formula is C29H38N2O9. The van der Waals surface area contributed by atoms with Crippen LogP contribution in [-0.2, 0) is 29.3 Å². The monoisotopic (exact) mass is 558 g/mol. The average Bonchev–Trinajstić information content (AvgIpc) is 2.84. The van der Waals surface area contributed by atoms with Crippen molar-refractivity contribution in [2.24, 2.45) is 23.5 Å². The zero-order valence-corrected chi connectivity index (χ0v) is 23.8. The van der Waals surface area contributed by atoms with Gasteiger partial charge in [-0.2, -0.15) is 0 Å². The molecule has 11 nitrogen and oxygen atoms in total. The number of phenols is 1. The molecule has 0 saturated heterocycles. The van der Waals surface area contributed by atoms with Crippen LogP contribution in [0, 0.1) is 17.8 Å². The van der Waals surface area contributed by atoms with Gasteiger partial charge in [0.25, 0.3) is 0 Å². The van der Waals surface area contributed by atoms with Crippen molar-refractivity contribution in [1.82, 2.24) is 4.90 Å². The van der Waals surface area contributed by atoms with E-state index >= 15 is 0 Å². The minimum atomic E-state index is -2.97. The number of likely N-dealkylation sites (N-methyl/N-ethyl adjacent to an activating group) is 1. The standard InChI is InChI=1S/C29H38N2O9/c1-8-14(32)40-24-15-11(2)12-9-10-13(28(3,4)5)21(33)16(12)22(34)17(15)25(36)29(39)19(24)20(31(6)7)23(35)18(26(29)37)27(30)38/h9-11,15,18-20,23-24,33-35,39H,8H2,1-7H3,(H2,30,38)/t11-,15+,18?,19+,20-,23?,24-,29-/m0/s1. The first-order valence-electron chi connectivity index (χ1n) is 13.4. The van der Waals surface area contributed by atoms with Crippen LogP contribution in [0.25, 0.3) is 5.76 Å². The predicted octanol–water partition coefficient (Wildman–Crippen LogP) is 0.919. The van der Waals surface area contributed by atoms with Gasteiger partial charge >= 0.3 is 5.97 Å². The number of nitrogens with zero attached hydrogens (tertiary/aromatic N) is 1. The minimum absolute atomic E-state index is 0.0129. The van der Waals surface area contributed by atoms with E-state index in [1.165, 1.54) is 19.0 Å². The summed E-state index contributed by atoms with van der Waals surface area (Å²) < 4.78 is 5.84. The second kappa shape index (κ2) is 9.67. The maximum Gasteiger partial charge on any atom is 0.305 e. The van der Waals surface area contributed by atoms with Gasteiger partial charge in [0.15, 0.2) is 11.4 Å². The van der Waals surface area contributed by atoms with E-state index in [2.05, 4.69) is 0 Å². The summed E-state index contributed by atoms with van der Waals surface area (Å²) in [5, 5.41) is 46.1. The quantitative estimate of drug-likeness (QED) is 0.263. The first-order chi connectivity index (χ1) is 18.4. The summed E-state index contributed by atoms with van der Waals surface area (Å²) >= 11 is 0. The van der Waals surface area contributed by atoms with Crippen molar-refractivity contribution < 1.29 is 44.3 Å². The summed E-state index contributed by atoms with van der Waals surface area (Å²) in [6.45, 7) is 8.88. The molecule has 0 aromatic heterocycles. The Morgan fingerprint density at radius 1 is 1.15 bits per heavy atom. The van der Waals surface area contributed by atoms with Crippen LogP contribution in [-0.4, -0.2) is 86.7 Å². The molecule has 0 spiro atoms. The van der Waals surface area contributed by atoms with E-state index in [1.807, 2.05) is 20.8 Å². The highest BCUT2D eigenvalue weighted by Crippen LogP contribution is 2.57. The maximum absolute atomic E-state index is 14.3. The number of hydrogen-bond donors (Lipinski definition) is 5. The molecule has 1 aromatic carbocycles. The van der Waals surface area contributed by atoms with Gasteiger partial charge in [0.1, 0.15) is 23.5 Å². The zero-order valence-electron chi connectivity index (χ0n) is 23.8. The number of nitrogens with two attached hydrogens (primary N) is 1. The fourth-order valence-corrected chi connectivity index (χ4v) is 6.93. The first kappa shape index (κ1) is 29.7. The molecule has 0 bridgehead atoms. The van der Waals surface area contributed by atoms with E-state index in [1.54, 1.807) is 26.0 Å². The van der Waals surface area contributed by atoms with Crippen LogP contribution in [0.3, 0.4) is 0 Å². The zero-order chi connectivity index (χ0) is 30.2. The number of rotatable bonds is 4. The van der Waals surface area contributed by atoms with Crippen molar-refractivity contribution >= 4 is 29.2 Å². The first-order valence-corrected chi connectivity index (χ1v) is 13.4. The fourth-order valence-electron chi connectivity index (χ4n) is 6.93. The van der Waals surface area contributed by atoms with Crippen LogP contribution < -0.4 is 5.73 Å². The van der Waals surface area contributed by atoms with E-state index in [9.17, 15) is 39.6 Å². The number of aliphatic hydroxyl groups is 3. The molecule has 218 valence electrons. The number of primary amides is 1. The highest BCUT2D eigenvalue weighted by Gasteiger charge is 2.72. The maximum atomic E-state index is 14.3. The molecule has 11 heteroatoms. The molecule has 6 N–H and O–H groups in total. The molecule has 2 saturated carbocycles. The topological polar surface area (TPSA) is 188 Å². The summed E-state index contributed by atoms with van der Waals surface area (Å²) in [4.78, 5) is 54.5. The van der Waals surface area contributed by atoms with E-state index in [0.29, 0.717) is 11.1 Å². The van der Waals surface area contributed by atoms with Gasteiger partial charge in [0.05, 0.1) is 17.6 Å². The molecule has 0 radical (unpaired) electrons. The van der Waals surface area contributed by atoms with Crippen molar-refractivity contribution in [2.75, 3.05) is 14.1 Å². The molecule has 3 aliphatic carbocycles. The summed E-state index contributed by atoms with van der Waals surface area (Å²) in [5.41, 5.74) is 2.52. The number of carbonyl (C=O) groups is 4. The number of esters is 1. The van der Waals surface area contributed by atoms with E-state index < -0.39 is 82.1 Å². The van der Waals surface area contributed by atoms with Gasteiger partial charge < -0.3 is 35.8 Å². The summed E-state index contributed by atoms with van der Waals surface area (Å²) in [7, 11) is 3.06. The molecule has 1 aromatic rings. The Bertz CT molecular complexity index is 1330. The summed E-state index contributed by atoms with van der Waals surface area (Å²) in [5.74, 6) is -10.5. The SMILES string of the molecule is CCC(=O)O[C@H]1[C@H]2C(=C(O)c3c(ccc(C(C)(C)C)c3O)[C@@H]2C)C(=O)[C@]2(O)C(=O)C(C(N)=O)C(O)[C@@H](N(C)C)[C@H]12. The van der Waals surface area contributed by atoms with Gasteiger partial charge in [0.2, 0.25) is 11.7 Å². The summed E-state index contributed by atoms with van der Waals surface area (Å²) in [6.07, 6.45) is -3.16. The lowest BCUT2D eigenvalue weighted by atomic mass is 9.51. The van der Waals surface area contributed by atoms with Crippen LogP contribution in [0.5, 0.6) is 5.75 Å². The number of aliphatic hydroxyl groups excluding tert-OH is 2. The number of amides is 1. The highest BCUT2D eigenvalue weighted by atomic mass is 16.5. The molecule has 1 amide bonds. The molecule has 2 unspecified atom stereocenters. The average molecular weight is 559 g/mol. The third-order valence-corrected chi connectivity index (χ3v) is 8.83. The van der Waals surface area contributed by atoms with Gasteiger partial charge in [-0.25, -0.2) is 0 Å². The Morgan fingerprint density at radius 2 is 1.75 bits per heavy atom. The number of hydrogen-bond acceptors (Lipinski definition) is 10. The lowest BCUT2D eigenvalue weighted by Gasteiger charge is -2.57. The molecule has 2 fully saturated rings. The van der Waals surface area contributed by atoms with Crippen molar-refractivity contribution in [3.8, 4) is 5.75 Å². The molecule has 4 rings (SSSR count). The van der Waals surface area contributed by atoms with E-state index in [-0.39, 0.29) is 23.3 Å². The normalized spacial score (nSPS) is 33.8. The molecule has 0 heterocycles. The van der Waals surface area contributed by atoms with Gasteiger partial charge in [-0.15, -0.1) is 0 Å². The third kappa shape index (κ3) is 3.97. The van der Waals surface area contributed by atoms with Crippen molar-refractivity contribution in [3.63, 3.8) is 0 Å². The molecule has 40 heavy (non-hydrogen) atoms. The Balaban J connectivity index is 2.08. The van der Waals surface area contributed by atoms with Gasteiger partial charge in [0, 0.05) is 29.5 Å². The van der Waals surface area contributed by atoms with Crippen LogP contribution >= 0.6 is 0 Å². The second-order valence-electron chi connectivity index (χ2n) is 12.4. The number of fused-ring (bicyclic) bond motifs is 3. The number of phenolic OH excluding ortho intramolecular Hbond substituents is 1. The van der Waals surface area contributed by atoms with Crippen LogP contribution in [0.1, 0.15) is 63.6 Å².